The summed E-state index contributed by atoms with van der Waals surface area (Å²) in [6.45, 7) is -1.91. The number of hydrogen-bond donors (Lipinski definition) is 1. The molecule has 1 aliphatic heterocycles. The number of ether oxygens (including phenoxy) is 2. The average Bonchev–Trinajstić information content (AvgIpc) is 2.74. The van der Waals surface area contributed by atoms with Crippen molar-refractivity contribution in [1.29, 1.82) is 0 Å². The average molecular weight is 653 g/mol. The topological polar surface area (TPSA) is 334 Å². The Labute approximate surface area is 222 Å². The molecule has 230 valence electrons. The fraction of sp³-hybridized carbons (Fsp3) is 0.846. The Hall–Kier alpha value is -1.66. The van der Waals surface area contributed by atoms with Crippen molar-refractivity contribution in [2.45, 2.75) is 37.6 Å². The van der Waals surface area contributed by atoms with Gasteiger partial charge in [-0.15, -0.1) is 0 Å². The summed E-state index contributed by atoms with van der Waals surface area (Å²) in [5.74, 6) is -2.22. The van der Waals surface area contributed by atoms with Gasteiger partial charge in [0.25, 0.3) is 5.91 Å². The number of carbonyl (C=O) groups is 2. The first-order valence-corrected chi connectivity index (χ1v) is 15.1. The highest BCUT2D eigenvalue weighted by molar-refractivity contribution is 7.81. The third-order valence-electron chi connectivity index (χ3n) is 4.41. The minimum absolute atomic E-state index is 0.222. The fourth-order valence-corrected chi connectivity index (χ4v) is 4.72. The summed E-state index contributed by atoms with van der Waals surface area (Å²) in [5, 5.41) is 2.04. The van der Waals surface area contributed by atoms with Gasteiger partial charge in [0.2, 0.25) is 47.5 Å². The van der Waals surface area contributed by atoms with E-state index in [1.54, 1.807) is 0 Å². The van der Waals surface area contributed by atoms with Crippen molar-refractivity contribution in [2.75, 3.05) is 33.4 Å². The maximum atomic E-state index is 12.3. The van der Waals surface area contributed by atoms with Crippen LogP contribution < -0.4 is 5.32 Å². The molecule has 0 spiro atoms. The van der Waals surface area contributed by atoms with Crippen molar-refractivity contribution in [3.05, 3.63) is 0 Å². The van der Waals surface area contributed by atoms with Crippen molar-refractivity contribution in [2.24, 2.45) is 0 Å². The molecule has 1 saturated heterocycles. The van der Waals surface area contributed by atoms with Gasteiger partial charge in [-0.25, -0.2) is 33.7 Å². The zero-order valence-electron chi connectivity index (χ0n) is 19.5. The molecule has 0 aromatic heterocycles. The lowest BCUT2D eigenvalue weighted by Gasteiger charge is -2.45. The minimum atomic E-state index is -5.86. The quantitative estimate of drug-likeness (QED) is 0.127. The Morgan fingerprint density at radius 3 is 1.74 bits per heavy atom. The van der Waals surface area contributed by atoms with Crippen LogP contribution in [0.15, 0.2) is 0 Å². The van der Waals surface area contributed by atoms with Crippen LogP contribution in [-0.4, -0.2) is 133 Å². The zero-order valence-corrected chi connectivity index (χ0v) is 22.7. The minimum Gasteiger partial charge on any atom is -0.726 e. The van der Waals surface area contributed by atoms with Crippen molar-refractivity contribution in [3.63, 3.8) is 0 Å². The molecule has 26 heteroatoms. The van der Waals surface area contributed by atoms with Crippen molar-refractivity contribution in [1.82, 2.24) is 10.2 Å². The second kappa shape index (κ2) is 13.8. The summed E-state index contributed by atoms with van der Waals surface area (Å²) in [6.07, 6.45) is -11.9. The molecule has 0 aromatic carbocycles. The highest BCUT2D eigenvalue weighted by atomic mass is 32.3. The SMILES string of the molecule is CCN(CC(=O)NC[C@H]1O[C@H](OC)[C@@H](OS(=O)(=O)[O-])[C@@H](OS(=O)(=O)[O-])[C@@H]1OS(=O)(=O)[O-])C(=O)COS(=O)(=O)[O-]. The highest BCUT2D eigenvalue weighted by Gasteiger charge is 2.51. The Morgan fingerprint density at radius 1 is 0.821 bits per heavy atom. The molecule has 2 amide bonds. The molecule has 1 rings (SSSR count). The van der Waals surface area contributed by atoms with Crippen LogP contribution in [0.25, 0.3) is 0 Å². The number of nitrogens with zero attached hydrogens (tertiary/aromatic N) is 1. The number of rotatable bonds is 15. The van der Waals surface area contributed by atoms with Gasteiger partial charge >= 0.3 is 0 Å². The summed E-state index contributed by atoms with van der Waals surface area (Å²) in [7, 11) is -21.9. The van der Waals surface area contributed by atoms with Crippen LogP contribution in [0.5, 0.6) is 0 Å². The lowest BCUT2D eigenvalue weighted by atomic mass is 9.99. The first kappa shape index (κ1) is 35.4. The van der Waals surface area contributed by atoms with Crippen molar-refractivity contribution in [3.8, 4) is 0 Å². The third-order valence-corrected chi connectivity index (χ3v) is 6.19. The monoisotopic (exact) mass is 652 g/mol. The van der Waals surface area contributed by atoms with E-state index in [0.29, 0.717) is 4.90 Å². The van der Waals surface area contributed by atoms with Crippen LogP contribution in [0.2, 0.25) is 0 Å². The molecular formula is C13H20N2O20S4-4. The van der Waals surface area contributed by atoms with Crippen LogP contribution in [0.4, 0.5) is 0 Å². The van der Waals surface area contributed by atoms with Crippen LogP contribution in [0.1, 0.15) is 6.92 Å². The van der Waals surface area contributed by atoms with E-state index in [2.05, 4.69) is 16.7 Å². The van der Waals surface area contributed by atoms with Crippen LogP contribution in [0.3, 0.4) is 0 Å². The van der Waals surface area contributed by atoms with Gasteiger partial charge in [0, 0.05) is 20.2 Å². The Balaban J connectivity index is 3.22. The summed E-state index contributed by atoms with van der Waals surface area (Å²) in [5.41, 5.74) is 0. The smallest absolute Gasteiger partial charge is 0.250 e. The maximum Gasteiger partial charge on any atom is 0.250 e. The molecule has 5 atom stereocenters. The highest BCUT2D eigenvalue weighted by Crippen LogP contribution is 2.31. The van der Waals surface area contributed by atoms with E-state index < -0.39 is 104 Å². The summed E-state index contributed by atoms with van der Waals surface area (Å²) < 4.78 is 158. The summed E-state index contributed by atoms with van der Waals surface area (Å²) in [4.78, 5) is 24.9. The normalized spacial score (nSPS) is 24.7. The molecule has 1 aliphatic rings. The van der Waals surface area contributed by atoms with E-state index >= 15 is 0 Å². The second-order valence-electron chi connectivity index (χ2n) is 7.07. The zero-order chi connectivity index (χ0) is 30.4. The van der Waals surface area contributed by atoms with Gasteiger partial charge in [0.05, 0.1) is 6.54 Å². The van der Waals surface area contributed by atoms with E-state index in [9.17, 15) is 61.5 Å². The molecule has 39 heavy (non-hydrogen) atoms. The van der Waals surface area contributed by atoms with Crippen molar-refractivity contribution >= 4 is 53.4 Å². The van der Waals surface area contributed by atoms with E-state index in [1.165, 1.54) is 6.92 Å². The molecule has 0 saturated carbocycles. The molecular weight excluding hydrogens is 632 g/mol. The van der Waals surface area contributed by atoms with E-state index in [0.717, 1.165) is 7.11 Å². The van der Waals surface area contributed by atoms with Gasteiger partial charge in [-0.05, 0) is 6.92 Å². The van der Waals surface area contributed by atoms with Gasteiger partial charge in [-0.1, -0.05) is 0 Å². The van der Waals surface area contributed by atoms with Gasteiger partial charge in [-0.3, -0.25) is 26.3 Å². The van der Waals surface area contributed by atoms with Crippen molar-refractivity contribution < 1.29 is 87.7 Å². The first-order chi connectivity index (χ1) is 17.5. The number of carbonyl (C=O) groups excluding carboxylic acids is 2. The predicted molar refractivity (Wildman–Crippen MR) is 110 cm³/mol. The van der Waals surface area contributed by atoms with E-state index in [1.807, 2.05) is 5.32 Å². The molecule has 0 bridgehead atoms. The van der Waals surface area contributed by atoms with Gasteiger partial charge in [0.1, 0.15) is 24.9 Å². The number of hydrogen-bond acceptors (Lipinski definition) is 20. The maximum absolute atomic E-state index is 12.3. The molecule has 1 N–H and O–H groups in total. The number of methoxy groups -OCH3 is 1. The number of nitrogens with one attached hydrogen (secondary N) is 1. The molecule has 1 fully saturated rings. The molecule has 22 nitrogen and oxygen atoms in total. The van der Waals surface area contributed by atoms with Crippen LogP contribution in [0, 0.1) is 0 Å². The molecule has 1 heterocycles. The Bertz CT molecular complexity index is 1290. The number of likely N-dealkylation sites (N-methyl/N-ethyl adjacent to an activating group) is 1. The van der Waals surface area contributed by atoms with Gasteiger partial charge in [-0.2, -0.15) is 0 Å². The van der Waals surface area contributed by atoms with Gasteiger partial charge < -0.3 is 37.9 Å². The molecule has 0 aromatic rings. The summed E-state index contributed by atoms with van der Waals surface area (Å²) >= 11 is 0. The Morgan fingerprint density at radius 2 is 1.31 bits per heavy atom. The standard InChI is InChI=1S/C13H24N2O20S4/c1-3-15(9(17)6-31-36(18,19)20)5-8(16)14-4-7-10(33-37(21,22)23)11(34-38(24,25)26)12(13(30-2)32-7)35-39(27,28)29/h7,10-13H,3-6H2,1-2H3,(H,14,16)(H,18,19,20)(H,21,22,23)(H,24,25,26)(H,27,28,29)/p-4/t7-,10-,11+,12+,13+/m1/s1. The molecule has 0 aliphatic carbocycles. The fourth-order valence-electron chi connectivity index (χ4n) is 3.00. The summed E-state index contributed by atoms with van der Waals surface area (Å²) in [6, 6.07) is 0. The Kier molecular flexibility index (Phi) is 12.5. The van der Waals surface area contributed by atoms with Gasteiger partial charge in [0.15, 0.2) is 12.4 Å². The molecule has 0 radical (unpaired) electrons. The first-order valence-electron chi connectivity index (χ1n) is 9.80. The predicted octanol–water partition coefficient (Wildman–Crippen LogP) is -5.66. The van der Waals surface area contributed by atoms with Crippen LogP contribution >= 0.6 is 0 Å². The third kappa shape index (κ3) is 13.5. The second-order valence-corrected chi connectivity index (χ2v) is 11.1. The van der Waals surface area contributed by atoms with Crippen LogP contribution in [-0.2, 0) is 77.4 Å². The lowest BCUT2D eigenvalue weighted by Crippen LogP contribution is -2.64. The largest absolute Gasteiger partial charge is 0.726 e. The van der Waals surface area contributed by atoms with E-state index in [-0.39, 0.29) is 6.54 Å². The lowest BCUT2D eigenvalue weighted by molar-refractivity contribution is -0.274. The molecule has 0 unspecified atom stereocenters. The number of amides is 2. The van der Waals surface area contributed by atoms with E-state index in [4.69, 9.17) is 9.47 Å².